The van der Waals surface area contributed by atoms with Gasteiger partial charge in [0, 0.05) is 49.0 Å². The van der Waals surface area contributed by atoms with Gasteiger partial charge in [-0.15, -0.1) is 13.2 Å². The Hall–Kier alpha value is -2.33. The minimum atomic E-state index is -4.83. The number of nitrogen functional groups attached to an aromatic ring is 1. The average molecular weight is 464 g/mol. The van der Waals surface area contributed by atoms with E-state index < -0.39 is 12.1 Å². The summed E-state index contributed by atoms with van der Waals surface area (Å²) in [6.07, 6.45) is 1.46. The quantitative estimate of drug-likeness (QED) is 0.705. The van der Waals surface area contributed by atoms with Crippen molar-refractivity contribution in [1.82, 2.24) is 19.7 Å². The number of fused-ring (bicyclic) bond motifs is 1. The number of pyridine rings is 1. The number of aromatic nitrogens is 3. The number of halogens is 3. The molecule has 3 saturated carbocycles. The first-order chi connectivity index (χ1) is 15.9. The van der Waals surface area contributed by atoms with Crippen LogP contribution in [0.15, 0.2) is 18.3 Å². The van der Waals surface area contributed by atoms with Crippen molar-refractivity contribution >= 4 is 5.82 Å². The number of anilines is 1. The third-order valence-electron chi connectivity index (χ3n) is 7.67. The molecule has 2 aromatic heterocycles. The Morgan fingerprint density at radius 3 is 2.52 bits per heavy atom. The van der Waals surface area contributed by atoms with Crippen LogP contribution in [-0.4, -0.2) is 58.4 Å². The van der Waals surface area contributed by atoms with Crippen LogP contribution < -0.4 is 10.5 Å². The molecule has 3 aliphatic carbocycles. The minimum absolute atomic E-state index is 0.292. The molecule has 178 valence electrons. The predicted octanol–water partition coefficient (Wildman–Crippen LogP) is 3.66. The molecule has 2 N–H and O–H groups in total. The monoisotopic (exact) mass is 463 g/mol. The fourth-order valence-electron chi connectivity index (χ4n) is 5.83. The molecule has 10 heteroatoms. The van der Waals surface area contributed by atoms with E-state index in [2.05, 4.69) is 19.3 Å². The molecule has 4 aliphatic rings. The molecule has 0 amide bonds. The maximum absolute atomic E-state index is 12.8. The summed E-state index contributed by atoms with van der Waals surface area (Å²) in [7, 11) is 0. The predicted molar refractivity (Wildman–Crippen MR) is 114 cm³/mol. The summed E-state index contributed by atoms with van der Waals surface area (Å²) in [6, 6.07) is 3.97. The Kier molecular flexibility index (Phi) is 5.06. The zero-order chi connectivity index (χ0) is 22.7. The van der Waals surface area contributed by atoms with Gasteiger partial charge in [0.25, 0.3) is 0 Å². The van der Waals surface area contributed by atoms with Crippen molar-refractivity contribution in [2.75, 3.05) is 32.0 Å². The fourth-order valence-corrected chi connectivity index (χ4v) is 5.83. The second-order valence-corrected chi connectivity index (χ2v) is 9.86. The van der Waals surface area contributed by atoms with E-state index in [0.717, 1.165) is 32.8 Å². The van der Waals surface area contributed by atoms with E-state index in [1.54, 1.807) is 0 Å². The summed E-state index contributed by atoms with van der Waals surface area (Å²) in [5.74, 6) is 1.66. The normalized spacial score (nSPS) is 29.8. The van der Waals surface area contributed by atoms with Gasteiger partial charge in [-0.05, 0) is 55.6 Å². The van der Waals surface area contributed by atoms with E-state index >= 15 is 0 Å². The van der Waals surface area contributed by atoms with E-state index in [0.29, 0.717) is 41.0 Å². The van der Waals surface area contributed by atoms with E-state index in [9.17, 15) is 13.2 Å². The standard InChI is InChI=1S/C23H28F3N5O2/c24-23(25,26)33-20-7-14(11-28-22(20)27)18-10-19(31(29-18)12-13-1-2-13)21-16-8-15(9-17(16)21)30-3-5-32-6-4-30/h7,10-11,13,15-17,21H,1-6,8-9,12H2,(H2,27,28). The number of rotatable bonds is 6. The lowest BCUT2D eigenvalue weighted by atomic mass is 10.0. The highest BCUT2D eigenvalue weighted by Gasteiger charge is 2.58. The highest BCUT2D eigenvalue weighted by Crippen LogP contribution is 2.64. The van der Waals surface area contributed by atoms with Crippen LogP contribution in [0.2, 0.25) is 0 Å². The van der Waals surface area contributed by atoms with Gasteiger partial charge in [0.1, 0.15) is 0 Å². The third-order valence-corrected chi connectivity index (χ3v) is 7.67. The first kappa shape index (κ1) is 21.2. The summed E-state index contributed by atoms with van der Waals surface area (Å²) in [5.41, 5.74) is 7.92. The van der Waals surface area contributed by atoms with Crippen LogP contribution in [0.4, 0.5) is 19.0 Å². The van der Waals surface area contributed by atoms with Gasteiger partial charge >= 0.3 is 6.36 Å². The van der Waals surface area contributed by atoms with Crippen LogP contribution in [0.25, 0.3) is 11.3 Å². The van der Waals surface area contributed by atoms with E-state index in [-0.39, 0.29) is 5.82 Å². The molecule has 2 atom stereocenters. The molecule has 7 nitrogen and oxygen atoms in total. The van der Waals surface area contributed by atoms with Crippen LogP contribution in [0, 0.1) is 17.8 Å². The largest absolute Gasteiger partial charge is 0.573 e. The molecule has 4 fully saturated rings. The zero-order valence-electron chi connectivity index (χ0n) is 18.3. The fraction of sp³-hybridized carbons (Fsp3) is 0.652. The Morgan fingerprint density at radius 1 is 1.12 bits per heavy atom. The van der Waals surface area contributed by atoms with E-state index in [1.807, 2.05) is 6.07 Å². The van der Waals surface area contributed by atoms with Crippen molar-refractivity contribution in [3.05, 3.63) is 24.0 Å². The first-order valence-corrected chi connectivity index (χ1v) is 11.8. The highest BCUT2D eigenvalue weighted by atomic mass is 19.4. The molecule has 6 rings (SSSR count). The van der Waals surface area contributed by atoms with Gasteiger partial charge in [0.15, 0.2) is 11.6 Å². The van der Waals surface area contributed by atoms with Gasteiger partial charge in [0.05, 0.1) is 18.9 Å². The van der Waals surface area contributed by atoms with Crippen molar-refractivity contribution < 1.29 is 22.6 Å². The highest BCUT2D eigenvalue weighted by molar-refractivity contribution is 5.64. The number of hydrogen-bond donors (Lipinski definition) is 1. The Labute approximate surface area is 190 Å². The van der Waals surface area contributed by atoms with Crippen LogP contribution in [0.5, 0.6) is 5.75 Å². The number of ether oxygens (including phenoxy) is 2. The Morgan fingerprint density at radius 2 is 1.85 bits per heavy atom. The van der Waals surface area contributed by atoms with E-state index in [4.69, 9.17) is 15.6 Å². The lowest BCUT2D eigenvalue weighted by molar-refractivity contribution is -0.274. The SMILES string of the molecule is Nc1ncc(-c2cc(C3C4CC(N5CCOCC5)CC43)n(CC3CC3)n2)cc1OC(F)(F)F. The summed E-state index contributed by atoms with van der Waals surface area (Å²) >= 11 is 0. The first-order valence-electron chi connectivity index (χ1n) is 11.8. The van der Waals surface area contributed by atoms with Gasteiger partial charge in [-0.1, -0.05) is 0 Å². The topological polar surface area (TPSA) is 78.4 Å². The van der Waals surface area contributed by atoms with Gasteiger partial charge in [-0.2, -0.15) is 5.10 Å². The number of alkyl halides is 3. The second kappa shape index (κ2) is 7.87. The van der Waals surface area contributed by atoms with E-state index in [1.165, 1.54) is 43.6 Å². The van der Waals surface area contributed by atoms with Crippen LogP contribution in [0.3, 0.4) is 0 Å². The second-order valence-electron chi connectivity index (χ2n) is 9.86. The lowest BCUT2D eigenvalue weighted by Crippen LogP contribution is -2.43. The zero-order valence-corrected chi connectivity index (χ0v) is 18.3. The summed E-state index contributed by atoms with van der Waals surface area (Å²) in [4.78, 5) is 6.49. The number of nitrogens with two attached hydrogens (primary N) is 1. The molecule has 3 heterocycles. The Bertz CT molecular complexity index is 1020. The number of morpholine rings is 1. The summed E-state index contributed by atoms with van der Waals surface area (Å²) < 4.78 is 49.9. The third kappa shape index (κ3) is 4.30. The summed E-state index contributed by atoms with van der Waals surface area (Å²) in [5, 5.41) is 4.80. The van der Waals surface area contributed by atoms with Gasteiger partial charge in [-0.3, -0.25) is 9.58 Å². The van der Waals surface area contributed by atoms with Gasteiger partial charge < -0.3 is 15.2 Å². The number of nitrogens with zero attached hydrogens (tertiary/aromatic N) is 4. The van der Waals surface area contributed by atoms with Crippen LogP contribution >= 0.6 is 0 Å². The van der Waals surface area contributed by atoms with Crippen LogP contribution in [-0.2, 0) is 11.3 Å². The van der Waals surface area contributed by atoms with Crippen molar-refractivity contribution in [3.8, 4) is 17.0 Å². The molecule has 1 saturated heterocycles. The molecular formula is C23H28F3N5O2. The molecule has 2 aromatic rings. The maximum atomic E-state index is 12.8. The summed E-state index contributed by atoms with van der Waals surface area (Å²) in [6.45, 7) is 4.55. The molecule has 33 heavy (non-hydrogen) atoms. The molecule has 1 aliphatic heterocycles. The van der Waals surface area contributed by atoms with Gasteiger partial charge in [-0.25, -0.2) is 4.98 Å². The maximum Gasteiger partial charge on any atom is 0.573 e. The van der Waals surface area contributed by atoms with Crippen molar-refractivity contribution in [3.63, 3.8) is 0 Å². The van der Waals surface area contributed by atoms with Crippen LogP contribution in [0.1, 0.15) is 37.3 Å². The van der Waals surface area contributed by atoms with Gasteiger partial charge in [0.2, 0.25) is 0 Å². The van der Waals surface area contributed by atoms with Crippen molar-refractivity contribution in [1.29, 1.82) is 0 Å². The molecule has 2 unspecified atom stereocenters. The molecular weight excluding hydrogens is 435 g/mol. The molecule has 0 radical (unpaired) electrons. The molecule has 0 spiro atoms. The smallest absolute Gasteiger partial charge is 0.402 e. The number of hydrogen-bond acceptors (Lipinski definition) is 6. The average Bonchev–Trinajstić information content (AvgIpc) is 3.62. The van der Waals surface area contributed by atoms with Crippen molar-refractivity contribution in [2.45, 2.75) is 50.6 Å². The minimum Gasteiger partial charge on any atom is -0.402 e. The molecule has 0 aromatic carbocycles. The Balaban J connectivity index is 1.23. The molecule has 0 bridgehead atoms. The van der Waals surface area contributed by atoms with Crippen molar-refractivity contribution in [2.24, 2.45) is 17.8 Å². The lowest BCUT2D eigenvalue weighted by Gasteiger charge is -2.33.